The maximum Gasteiger partial charge on any atom is 0.328 e. The molecule has 3 rings (SSSR count). The van der Waals surface area contributed by atoms with Gasteiger partial charge in [0.1, 0.15) is 11.2 Å². The molecule has 9 heteroatoms. The Morgan fingerprint density at radius 1 is 1.41 bits per heavy atom. The molecule has 140 valence electrons. The minimum Gasteiger partial charge on any atom is -0.393 e. The van der Waals surface area contributed by atoms with Gasteiger partial charge in [0.05, 0.1) is 22.7 Å². The fraction of sp³-hybridized carbons (Fsp3) is 0.278. The molecule has 0 saturated carbocycles. The third kappa shape index (κ3) is 3.65. The number of aliphatic hydroxyl groups excluding tert-OH is 1. The van der Waals surface area contributed by atoms with Gasteiger partial charge >= 0.3 is 5.69 Å². The van der Waals surface area contributed by atoms with Crippen LogP contribution in [0.1, 0.15) is 18.9 Å². The maximum atomic E-state index is 14.2. The van der Waals surface area contributed by atoms with Gasteiger partial charge in [0, 0.05) is 19.3 Å². The Morgan fingerprint density at radius 3 is 2.81 bits per heavy atom. The summed E-state index contributed by atoms with van der Waals surface area (Å²) < 4.78 is 17.2. The van der Waals surface area contributed by atoms with Crippen molar-refractivity contribution in [1.82, 2.24) is 14.1 Å². The number of aliphatic hydroxyl groups is 1. The van der Waals surface area contributed by atoms with Crippen LogP contribution in [0, 0.1) is 17.1 Å². The second-order valence-corrected chi connectivity index (χ2v) is 6.59. The van der Waals surface area contributed by atoms with Crippen LogP contribution in [0.15, 0.2) is 29.1 Å². The fourth-order valence-corrected chi connectivity index (χ4v) is 2.97. The maximum absolute atomic E-state index is 14.2. The molecule has 7 nitrogen and oxygen atoms in total. The molecule has 0 aliphatic rings. The monoisotopic (exact) mass is 389 g/mol. The Bertz CT molecular complexity index is 1110. The molecule has 0 fully saturated rings. The fourth-order valence-electron chi connectivity index (χ4n) is 2.79. The van der Waals surface area contributed by atoms with Crippen LogP contribution in [0.3, 0.4) is 0 Å². The van der Waals surface area contributed by atoms with Crippen molar-refractivity contribution in [2.24, 2.45) is 7.05 Å². The number of anilines is 2. The van der Waals surface area contributed by atoms with Crippen molar-refractivity contribution < 1.29 is 9.50 Å². The lowest BCUT2D eigenvalue weighted by Gasteiger charge is -2.09. The molecule has 0 unspecified atom stereocenters. The van der Waals surface area contributed by atoms with E-state index in [-0.39, 0.29) is 22.2 Å². The zero-order valence-corrected chi connectivity index (χ0v) is 15.5. The van der Waals surface area contributed by atoms with Crippen LogP contribution < -0.4 is 11.0 Å². The van der Waals surface area contributed by atoms with Gasteiger partial charge in [0.2, 0.25) is 0 Å². The van der Waals surface area contributed by atoms with E-state index in [2.05, 4.69) is 10.3 Å². The van der Waals surface area contributed by atoms with Gasteiger partial charge in [-0.2, -0.15) is 5.26 Å². The number of imidazole rings is 1. The molecule has 2 heterocycles. The third-order valence-electron chi connectivity index (χ3n) is 4.23. The lowest BCUT2D eigenvalue weighted by molar-refractivity contribution is 0.178. The van der Waals surface area contributed by atoms with Crippen LogP contribution in [0.2, 0.25) is 5.15 Å². The molecule has 1 aromatic carbocycles. The van der Waals surface area contributed by atoms with Gasteiger partial charge in [0.25, 0.3) is 0 Å². The van der Waals surface area contributed by atoms with Crippen molar-refractivity contribution >= 4 is 34.1 Å². The first kappa shape index (κ1) is 18.9. The molecule has 1 atom stereocenters. The van der Waals surface area contributed by atoms with Crippen molar-refractivity contribution in [2.75, 3.05) is 5.32 Å². The Balaban J connectivity index is 2.02. The highest BCUT2D eigenvalue weighted by Gasteiger charge is 2.14. The highest BCUT2D eigenvalue weighted by Crippen LogP contribution is 2.25. The van der Waals surface area contributed by atoms with Gasteiger partial charge in [-0.25, -0.2) is 14.2 Å². The minimum absolute atomic E-state index is 0.0508. The van der Waals surface area contributed by atoms with Crippen LogP contribution in [0.4, 0.5) is 15.9 Å². The number of nitrogens with zero attached hydrogens (tertiary/aromatic N) is 4. The SMILES string of the molecule is C[C@@H](O)CCn1c(=O)n(C)c2ccc(Nc3nc(Cl)c(C#N)cc3F)cc21. The normalized spacial score (nSPS) is 12.1. The van der Waals surface area contributed by atoms with Gasteiger partial charge in [-0.3, -0.25) is 9.13 Å². The van der Waals surface area contributed by atoms with Gasteiger partial charge in [0.15, 0.2) is 11.6 Å². The van der Waals surface area contributed by atoms with Crippen LogP contribution in [-0.4, -0.2) is 25.3 Å². The van der Waals surface area contributed by atoms with Crippen LogP contribution in [0.25, 0.3) is 11.0 Å². The molecule has 0 spiro atoms. The van der Waals surface area contributed by atoms with E-state index >= 15 is 0 Å². The predicted octanol–water partition coefficient (Wildman–Crippen LogP) is 2.91. The number of aromatic nitrogens is 3. The summed E-state index contributed by atoms with van der Waals surface area (Å²) in [5, 5.41) is 21.1. The molecule has 0 amide bonds. The topological polar surface area (TPSA) is 95.9 Å². The lowest BCUT2D eigenvalue weighted by Crippen LogP contribution is -2.23. The largest absolute Gasteiger partial charge is 0.393 e. The lowest BCUT2D eigenvalue weighted by atomic mass is 10.2. The summed E-state index contributed by atoms with van der Waals surface area (Å²) >= 11 is 5.87. The highest BCUT2D eigenvalue weighted by atomic mass is 35.5. The van der Waals surface area contributed by atoms with Gasteiger partial charge < -0.3 is 10.4 Å². The second kappa shape index (κ2) is 7.39. The predicted molar refractivity (Wildman–Crippen MR) is 101 cm³/mol. The molecule has 0 saturated heterocycles. The summed E-state index contributed by atoms with van der Waals surface area (Å²) in [5.41, 5.74) is 1.61. The Kier molecular flexibility index (Phi) is 5.17. The molecule has 2 N–H and O–H groups in total. The molecule has 27 heavy (non-hydrogen) atoms. The number of halogens is 2. The van der Waals surface area contributed by atoms with E-state index in [9.17, 15) is 14.3 Å². The van der Waals surface area contributed by atoms with Crippen LogP contribution >= 0.6 is 11.6 Å². The van der Waals surface area contributed by atoms with Crippen molar-refractivity contribution in [2.45, 2.75) is 26.0 Å². The van der Waals surface area contributed by atoms with E-state index in [0.29, 0.717) is 29.7 Å². The summed E-state index contributed by atoms with van der Waals surface area (Å²) in [4.78, 5) is 16.3. The first-order valence-electron chi connectivity index (χ1n) is 8.22. The molecule has 0 bridgehead atoms. The van der Waals surface area contributed by atoms with E-state index in [1.54, 1.807) is 42.8 Å². The van der Waals surface area contributed by atoms with Gasteiger partial charge in [-0.15, -0.1) is 0 Å². The summed E-state index contributed by atoms with van der Waals surface area (Å²) in [5.74, 6) is -0.831. The summed E-state index contributed by atoms with van der Waals surface area (Å²) in [6.45, 7) is 2.01. The average Bonchev–Trinajstić information content (AvgIpc) is 2.86. The second-order valence-electron chi connectivity index (χ2n) is 6.23. The molecule has 2 aromatic heterocycles. The number of nitriles is 1. The highest BCUT2D eigenvalue weighted by molar-refractivity contribution is 6.30. The molecule has 3 aromatic rings. The zero-order valence-electron chi connectivity index (χ0n) is 14.7. The molecule has 0 aliphatic carbocycles. The summed E-state index contributed by atoms with van der Waals surface area (Å²) in [6.07, 6.45) is -0.106. The van der Waals surface area contributed by atoms with Crippen molar-refractivity contribution in [3.63, 3.8) is 0 Å². The number of hydrogen-bond acceptors (Lipinski definition) is 5. The number of hydrogen-bond donors (Lipinski definition) is 2. The quantitative estimate of drug-likeness (QED) is 0.654. The smallest absolute Gasteiger partial charge is 0.328 e. The minimum atomic E-state index is -0.712. The number of rotatable bonds is 5. The van der Waals surface area contributed by atoms with E-state index in [1.165, 1.54) is 4.57 Å². The Hall–Kier alpha value is -2.89. The first-order valence-corrected chi connectivity index (χ1v) is 8.60. The number of pyridine rings is 1. The van der Waals surface area contributed by atoms with E-state index in [1.807, 2.05) is 0 Å². The molecule has 0 aliphatic heterocycles. The molecular weight excluding hydrogens is 373 g/mol. The summed E-state index contributed by atoms with van der Waals surface area (Å²) in [7, 11) is 1.66. The van der Waals surface area contributed by atoms with Crippen molar-refractivity contribution in [3.05, 3.63) is 51.3 Å². The standard InChI is InChI=1S/C18H17ClFN5O2/c1-10(26)5-6-25-15-8-12(3-4-14(15)24(2)18(25)27)22-17-13(20)7-11(9-21)16(19)23-17/h3-4,7-8,10,26H,5-6H2,1-2H3,(H,22,23)/t10-/m1/s1. The van der Waals surface area contributed by atoms with E-state index in [0.717, 1.165) is 6.07 Å². The van der Waals surface area contributed by atoms with Gasteiger partial charge in [-0.1, -0.05) is 11.6 Å². The first-order chi connectivity index (χ1) is 12.8. The Labute approximate surface area is 159 Å². The van der Waals surface area contributed by atoms with Crippen LogP contribution in [0.5, 0.6) is 0 Å². The molecular formula is C18H17ClFN5O2. The third-order valence-corrected chi connectivity index (χ3v) is 4.52. The van der Waals surface area contributed by atoms with Crippen molar-refractivity contribution in [3.8, 4) is 6.07 Å². The van der Waals surface area contributed by atoms with Crippen molar-refractivity contribution in [1.29, 1.82) is 5.26 Å². The number of aryl methyl sites for hydroxylation is 2. The molecule has 0 radical (unpaired) electrons. The van der Waals surface area contributed by atoms with E-state index < -0.39 is 11.9 Å². The van der Waals surface area contributed by atoms with Crippen LogP contribution in [-0.2, 0) is 13.6 Å². The average molecular weight is 390 g/mol. The Morgan fingerprint density at radius 2 is 2.15 bits per heavy atom. The zero-order chi connectivity index (χ0) is 19.7. The number of fused-ring (bicyclic) bond motifs is 1. The summed E-state index contributed by atoms with van der Waals surface area (Å²) in [6, 6.07) is 7.90. The van der Waals surface area contributed by atoms with Gasteiger partial charge in [-0.05, 0) is 37.6 Å². The van der Waals surface area contributed by atoms with E-state index in [4.69, 9.17) is 16.9 Å². The number of nitrogens with one attached hydrogen (secondary N) is 1. The number of benzene rings is 1.